The first-order valence-electron chi connectivity index (χ1n) is 6.97. The lowest BCUT2D eigenvalue weighted by atomic mass is 10.1. The summed E-state index contributed by atoms with van der Waals surface area (Å²) in [5, 5.41) is 10.8. The van der Waals surface area contributed by atoms with E-state index in [1.54, 1.807) is 20.3 Å². The molecule has 0 spiro atoms. The van der Waals surface area contributed by atoms with Gasteiger partial charge in [-0.1, -0.05) is 24.3 Å². The Morgan fingerprint density at radius 3 is 2.50 bits per heavy atom. The van der Waals surface area contributed by atoms with Gasteiger partial charge in [0.1, 0.15) is 11.9 Å². The summed E-state index contributed by atoms with van der Waals surface area (Å²) in [5.41, 5.74) is 2.44. The van der Waals surface area contributed by atoms with Crippen molar-refractivity contribution in [3.63, 3.8) is 0 Å². The summed E-state index contributed by atoms with van der Waals surface area (Å²) >= 11 is 0. The van der Waals surface area contributed by atoms with Gasteiger partial charge in [-0.2, -0.15) is 0 Å². The van der Waals surface area contributed by atoms with Crippen LogP contribution in [0.25, 0.3) is 11.0 Å². The van der Waals surface area contributed by atoms with Crippen molar-refractivity contribution in [2.24, 2.45) is 7.05 Å². The van der Waals surface area contributed by atoms with Crippen LogP contribution in [0.1, 0.15) is 17.5 Å². The van der Waals surface area contributed by atoms with E-state index in [4.69, 9.17) is 9.47 Å². The monoisotopic (exact) mass is 298 g/mol. The van der Waals surface area contributed by atoms with Gasteiger partial charge in [-0.05, 0) is 18.2 Å². The van der Waals surface area contributed by atoms with Crippen LogP contribution in [0.3, 0.4) is 0 Å². The number of aliphatic hydroxyl groups excluding tert-OH is 1. The van der Waals surface area contributed by atoms with Crippen molar-refractivity contribution in [3.05, 3.63) is 53.9 Å². The summed E-state index contributed by atoms with van der Waals surface area (Å²) < 4.78 is 12.6. The highest BCUT2D eigenvalue weighted by molar-refractivity contribution is 5.76. The molecule has 1 aromatic heterocycles. The van der Waals surface area contributed by atoms with E-state index in [1.807, 2.05) is 48.0 Å². The minimum Gasteiger partial charge on any atom is -0.493 e. The van der Waals surface area contributed by atoms with Crippen molar-refractivity contribution < 1.29 is 14.6 Å². The first kappa shape index (κ1) is 14.4. The van der Waals surface area contributed by atoms with Gasteiger partial charge in [-0.3, -0.25) is 0 Å². The van der Waals surface area contributed by atoms with Crippen LogP contribution < -0.4 is 9.47 Å². The van der Waals surface area contributed by atoms with E-state index in [1.165, 1.54) is 0 Å². The summed E-state index contributed by atoms with van der Waals surface area (Å²) in [5.74, 6) is 1.66. The fraction of sp³-hybridized carbons (Fsp3) is 0.235. The summed E-state index contributed by atoms with van der Waals surface area (Å²) in [4.78, 5) is 4.54. The van der Waals surface area contributed by atoms with E-state index in [2.05, 4.69) is 4.98 Å². The van der Waals surface area contributed by atoms with Crippen LogP contribution in [0.2, 0.25) is 0 Å². The number of rotatable bonds is 4. The minimum atomic E-state index is -0.901. The Morgan fingerprint density at radius 2 is 1.82 bits per heavy atom. The molecule has 0 saturated carbocycles. The van der Waals surface area contributed by atoms with Crippen molar-refractivity contribution in [2.75, 3.05) is 14.2 Å². The smallest absolute Gasteiger partial charge is 0.166 e. The summed E-state index contributed by atoms with van der Waals surface area (Å²) in [6.45, 7) is 0. The van der Waals surface area contributed by atoms with E-state index in [0.717, 1.165) is 11.0 Å². The molecule has 3 rings (SSSR count). The van der Waals surface area contributed by atoms with E-state index in [9.17, 15) is 5.11 Å². The Hall–Kier alpha value is -2.53. The molecule has 1 heterocycles. The van der Waals surface area contributed by atoms with Gasteiger partial charge in [-0.15, -0.1) is 0 Å². The lowest BCUT2D eigenvalue weighted by Gasteiger charge is -2.17. The van der Waals surface area contributed by atoms with Gasteiger partial charge in [0.05, 0.1) is 25.3 Å². The number of hydrogen-bond donors (Lipinski definition) is 1. The van der Waals surface area contributed by atoms with Crippen LogP contribution in [0.5, 0.6) is 11.5 Å². The van der Waals surface area contributed by atoms with Crippen LogP contribution in [-0.2, 0) is 7.05 Å². The normalized spacial score (nSPS) is 12.4. The Kier molecular flexibility index (Phi) is 3.73. The van der Waals surface area contributed by atoms with E-state index >= 15 is 0 Å². The van der Waals surface area contributed by atoms with Gasteiger partial charge in [0.15, 0.2) is 11.5 Å². The van der Waals surface area contributed by atoms with Crippen molar-refractivity contribution in [1.82, 2.24) is 9.55 Å². The predicted molar refractivity (Wildman–Crippen MR) is 84.3 cm³/mol. The maximum atomic E-state index is 10.8. The molecule has 0 aliphatic rings. The molecule has 22 heavy (non-hydrogen) atoms. The number of aliphatic hydroxyl groups is 1. The zero-order valence-electron chi connectivity index (χ0n) is 12.8. The maximum Gasteiger partial charge on any atom is 0.166 e. The Morgan fingerprint density at radius 1 is 1.05 bits per heavy atom. The van der Waals surface area contributed by atoms with Gasteiger partial charge in [0.25, 0.3) is 0 Å². The lowest BCUT2D eigenvalue weighted by Crippen LogP contribution is -2.09. The molecular formula is C17H18N2O3. The van der Waals surface area contributed by atoms with Gasteiger partial charge < -0.3 is 19.1 Å². The largest absolute Gasteiger partial charge is 0.493 e. The molecule has 114 valence electrons. The number of benzene rings is 2. The van der Waals surface area contributed by atoms with Crippen LogP contribution in [0, 0.1) is 0 Å². The Bertz CT molecular complexity index is 811. The molecule has 0 saturated heterocycles. The second-order valence-corrected chi connectivity index (χ2v) is 5.00. The number of aryl methyl sites for hydroxylation is 1. The molecule has 1 atom stereocenters. The minimum absolute atomic E-state index is 0.518. The topological polar surface area (TPSA) is 56.5 Å². The molecule has 5 heteroatoms. The summed E-state index contributed by atoms with van der Waals surface area (Å²) in [7, 11) is 5.02. The van der Waals surface area contributed by atoms with Gasteiger partial charge in [0, 0.05) is 12.6 Å². The van der Waals surface area contributed by atoms with E-state index in [-0.39, 0.29) is 0 Å². The van der Waals surface area contributed by atoms with Crippen molar-refractivity contribution in [3.8, 4) is 11.5 Å². The quantitative estimate of drug-likeness (QED) is 0.804. The predicted octanol–water partition coefficient (Wildman–Crippen LogP) is 2.67. The highest BCUT2D eigenvalue weighted by Gasteiger charge is 2.23. The van der Waals surface area contributed by atoms with Crippen molar-refractivity contribution in [2.45, 2.75) is 6.10 Å². The molecule has 1 N–H and O–H groups in total. The van der Waals surface area contributed by atoms with Crippen molar-refractivity contribution >= 4 is 11.0 Å². The molecule has 0 aliphatic heterocycles. The molecular weight excluding hydrogens is 280 g/mol. The van der Waals surface area contributed by atoms with E-state index < -0.39 is 6.10 Å². The average Bonchev–Trinajstić information content (AvgIpc) is 2.90. The number of hydrogen-bond acceptors (Lipinski definition) is 4. The van der Waals surface area contributed by atoms with Crippen LogP contribution in [-0.4, -0.2) is 28.9 Å². The number of imidazole rings is 1. The molecule has 2 aromatic carbocycles. The third kappa shape index (κ3) is 2.19. The highest BCUT2D eigenvalue weighted by atomic mass is 16.5. The second kappa shape index (κ2) is 5.69. The van der Waals surface area contributed by atoms with Crippen LogP contribution in [0.4, 0.5) is 0 Å². The van der Waals surface area contributed by atoms with Gasteiger partial charge in [0.2, 0.25) is 0 Å². The van der Waals surface area contributed by atoms with E-state index in [0.29, 0.717) is 22.9 Å². The molecule has 3 aromatic rings. The zero-order valence-corrected chi connectivity index (χ0v) is 12.8. The number of nitrogens with zero attached hydrogens (tertiary/aromatic N) is 2. The second-order valence-electron chi connectivity index (χ2n) is 5.00. The van der Waals surface area contributed by atoms with Gasteiger partial charge >= 0.3 is 0 Å². The summed E-state index contributed by atoms with van der Waals surface area (Å²) in [6, 6.07) is 13.2. The van der Waals surface area contributed by atoms with Crippen molar-refractivity contribution in [1.29, 1.82) is 0 Å². The Balaban J connectivity index is 2.14. The lowest BCUT2D eigenvalue weighted by molar-refractivity contribution is 0.200. The van der Waals surface area contributed by atoms with Crippen LogP contribution in [0.15, 0.2) is 42.5 Å². The highest BCUT2D eigenvalue weighted by Crippen LogP contribution is 2.37. The third-order valence-corrected chi connectivity index (χ3v) is 3.79. The molecule has 0 aliphatic carbocycles. The molecule has 0 fully saturated rings. The molecule has 0 amide bonds. The van der Waals surface area contributed by atoms with Gasteiger partial charge in [-0.25, -0.2) is 4.98 Å². The fourth-order valence-corrected chi connectivity index (χ4v) is 2.68. The van der Waals surface area contributed by atoms with Crippen LogP contribution >= 0.6 is 0 Å². The molecule has 1 unspecified atom stereocenters. The molecule has 0 bridgehead atoms. The molecule has 0 radical (unpaired) electrons. The number of para-hydroxylation sites is 3. The number of methoxy groups -OCH3 is 2. The number of fused-ring (bicyclic) bond motifs is 1. The SMILES string of the molecule is COc1cccc(C(O)c2nc3ccccc3n2C)c1OC. The maximum absolute atomic E-state index is 10.8. The Labute approximate surface area is 128 Å². The molecule has 5 nitrogen and oxygen atoms in total. The fourth-order valence-electron chi connectivity index (χ4n) is 2.68. The number of ether oxygens (including phenoxy) is 2. The number of aromatic nitrogens is 2. The third-order valence-electron chi connectivity index (χ3n) is 3.79. The average molecular weight is 298 g/mol. The first-order chi connectivity index (χ1) is 10.7. The zero-order chi connectivity index (χ0) is 15.7. The standard InChI is InChI=1S/C17H18N2O3/c1-19-13-9-5-4-8-12(13)18-17(19)15(20)11-7-6-10-14(21-2)16(11)22-3/h4-10,15,20H,1-3H3. The summed E-state index contributed by atoms with van der Waals surface area (Å²) in [6.07, 6.45) is -0.901. The first-order valence-corrected chi connectivity index (χ1v) is 6.97.